The SMILES string of the molecule is CCC(C)Oc1cc(C(=O)O)ccc1NC(=O)c1ccc(-c2ccc(C(=O)Nc3ccc(C(=O)O)cc3OC(C)CC)c(OC(C)CC)c2)cc1OCCC(C)C. The van der Waals surface area contributed by atoms with Crippen LogP contribution in [-0.2, 0) is 0 Å². The number of benzene rings is 4. The van der Waals surface area contributed by atoms with Crippen molar-refractivity contribution in [2.75, 3.05) is 17.2 Å². The summed E-state index contributed by atoms with van der Waals surface area (Å²) in [7, 11) is 0. The number of carboxylic acid groups (broad SMARTS) is 2. The molecule has 12 heteroatoms. The van der Waals surface area contributed by atoms with E-state index in [0.29, 0.717) is 65.8 Å². The van der Waals surface area contributed by atoms with E-state index in [9.17, 15) is 29.4 Å². The summed E-state index contributed by atoms with van der Waals surface area (Å²) in [4.78, 5) is 51.1. The summed E-state index contributed by atoms with van der Waals surface area (Å²) in [5.41, 5.74) is 2.61. The average Bonchev–Trinajstić information content (AvgIpc) is 3.18. The molecule has 0 saturated heterocycles. The van der Waals surface area contributed by atoms with E-state index in [1.807, 2.05) is 41.5 Å². The molecule has 0 aliphatic heterocycles. The van der Waals surface area contributed by atoms with Gasteiger partial charge in [0.2, 0.25) is 0 Å². The molecule has 4 aromatic rings. The van der Waals surface area contributed by atoms with Crippen LogP contribution < -0.4 is 29.6 Å². The molecule has 0 aliphatic rings. The largest absolute Gasteiger partial charge is 0.493 e. The number of hydrogen-bond acceptors (Lipinski definition) is 8. The number of carbonyl (C=O) groups is 4. The fraction of sp³-hybridized carbons (Fsp3) is 0.378. The molecule has 3 atom stereocenters. The fourth-order valence-electron chi connectivity index (χ4n) is 5.39. The van der Waals surface area contributed by atoms with Gasteiger partial charge in [0.1, 0.15) is 23.0 Å². The van der Waals surface area contributed by atoms with Gasteiger partial charge in [-0.25, -0.2) is 9.59 Å². The molecule has 3 unspecified atom stereocenters. The zero-order valence-corrected chi connectivity index (χ0v) is 33.9. The van der Waals surface area contributed by atoms with E-state index >= 15 is 0 Å². The van der Waals surface area contributed by atoms with Crippen molar-refractivity contribution in [1.82, 2.24) is 0 Å². The molecule has 12 nitrogen and oxygen atoms in total. The molecule has 0 saturated carbocycles. The van der Waals surface area contributed by atoms with Gasteiger partial charge < -0.3 is 39.8 Å². The zero-order chi connectivity index (χ0) is 41.8. The number of ether oxygens (including phenoxy) is 4. The first-order valence-corrected chi connectivity index (χ1v) is 19.4. The van der Waals surface area contributed by atoms with Crippen molar-refractivity contribution in [2.24, 2.45) is 5.92 Å². The Balaban J connectivity index is 1.72. The van der Waals surface area contributed by atoms with E-state index in [1.165, 1.54) is 36.4 Å². The molecule has 0 fully saturated rings. The maximum Gasteiger partial charge on any atom is 0.335 e. The zero-order valence-electron chi connectivity index (χ0n) is 33.9. The van der Waals surface area contributed by atoms with Gasteiger partial charge in [-0.3, -0.25) is 9.59 Å². The molecule has 304 valence electrons. The fourth-order valence-corrected chi connectivity index (χ4v) is 5.39. The van der Waals surface area contributed by atoms with Gasteiger partial charge in [0.25, 0.3) is 11.8 Å². The van der Waals surface area contributed by atoms with Crippen LogP contribution in [0.15, 0.2) is 72.8 Å². The minimum atomic E-state index is -1.11. The number of aromatic carboxylic acids is 2. The summed E-state index contributed by atoms with van der Waals surface area (Å²) in [5, 5.41) is 24.9. The molecule has 4 aromatic carbocycles. The monoisotopic (exact) mass is 782 g/mol. The molecule has 0 aromatic heterocycles. The van der Waals surface area contributed by atoms with E-state index in [4.69, 9.17) is 18.9 Å². The summed E-state index contributed by atoms with van der Waals surface area (Å²) in [6.07, 6.45) is 2.09. The first-order chi connectivity index (χ1) is 27.1. The van der Waals surface area contributed by atoms with Gasteiger partial charge in [-0.05, 0) is 124 Å². The van der Waals surface area contributed by atoms with Gasteiger partial charge in [-0.15, -0.1) is 0 Å². The van der Waals surface area contributed by atoms with Gasteiger partial charge in [0, 0.05) is 0 Å². The normalized spacial score (nSPS) is 12.6. The van der Waals surface area contributed by atoms with Crippen molar-refractivity contribution in [3.63, 3.8) is 0 Å². The number of anilines is 2. The highest BCUT2D eigenvalue weighted by atomic mass is 16.5. The number of carboxylic acids is 2. The van der Waals surface area contributed by atoms with E-state index in [-0.39, 0.29) is 52.1 Å². The Bertz CT molecular complexity index is 2060. The molecular formula is C45H54N2O10. The van der Waals surface area contributed by atoms with Crippen LogP contribution in [0.1, 0.15) is 123 Å². The first kappa shape index (κ1) is 43.7. The molecule has 0 spiro atoms. The lowest BCUT2D eigenvalue weighted by molar-refractivity contribution is 0.0685. The number of nitrogens with one attached hydrogen (secondary N) is 2. The Morgan fingerprint density at radius 1 is 0.544 bits per heavy atom. The summed E-state index contributed by atoms with van der Waals surface area (Å²) in [6, 6.07) is 19.0. The third-order valence-electron chi connectivity index (χ3n) is 9.40. The van der Waals surface area contributed by atoms with Crippen LogP contribution >= 0.6 is 0 Å². The summed E-state index contributed by atoms with van der Waals surface area (Å²) in [5.74, 6) is -1.68. The van der Waals surface area contributed by atoms with Gasteiger partial charge in [-0.2, -0.15) is 0 Å². The van der Waals surface area contributed by atoms with Crippen molar-refractivity contribution in [3.8, 4) is 34.1 Å². The third kappa shape index (κ3) is 12.0. The van der Waals surface area contributed by atoms with Crippen LogP contribution in [0.2, 0.25) is 0 Å². The lowest BCUT2D eigenvalue weighted by Crippen LogP contribution is -2.18. The molecule has 0 bridgehead atoms. The van der Waals surface area contributed by atoms with Gasteiger partial charge in [-0.1, -0.05) is 46.8 Å². The number of amides is 2. The molecular weight excluding hydrogens is 728 g/mol. The molecule has 57 heavy (non-hydrogen) atoms. The highest BCUT2D eigenvalue weighted by Crippen LogP contribution is 2.35. The minimum absolute atomic E-state index is 0.0299. The third-order valence-corrected chi connectivity index (χ3v) is 9.40. The number of rotatable bonds is 20. The Labute approximate surface area is 334 Å². The van der Waals surface area contributed by atoms with Crippen LogP contribution in [0.5, 0.6) is 23.0 Å². The predicted molar refractivity (Wildman–Crippen MR) is 221 cm³/mol. The second-order valence-corrected chi connectivity index (χ2v) is 14.4. The Kier molecular flexibility index (Phi) is 15.5. The van der Waals surface area contributed by atoms with Crippen molar-refractivity contribution >= 4 is 35.1 Å². The molecule has 0 heterocycles. The lowest BCUT2D eigenvalue weighted by Gasteiger charge is -2.20. The van der Waals surface area contributed by atoms with Gasteiger partial charge in [0.05, 0.1) is 58.5 Å². The van der Waals surface area contributed by atoms with E-state index < -0.39 is 23.8 Å². The van der Waals surface area contributed by atoms with Crippen molar-refractivity contribution in [3.05, 3.63) is 95.1 Å². The van der Waals surface area contributed by atoms with Crippen LogP contribution in [0.3, 0.4) is 0 Å². The molecule has 0 aliphatic carbocycles. The van der Waals surface area contributed by atoms with Crippen molar-refractivity contribution in [1.29, 1.82) is 0 Å². The highest BCUT2D eigenvalue weighted by Gasteiger charge is 2.22. The topological polar surface area (TPSA) is 170 Å². The van der Waals surface area contributed by atoms with E-state index in [2.05, 4.69) is 24.5 Å². The van der Waals surface area contributed by atoms with Gasteiger partial charge in [0.15, 0.2) is 0 Å². The molecule has 2 amide bonds. The average molecular weight is 783 g/mol. The van der Waals surface area contributed by atoms with Crippen LogP contribution in [0.4, 0.5) is 11.4 Å². The van der Waals surface area contributed by atoms with Crippen LogP contribution in [0.25, 0.3) is 11.1 Å². The van der Waals surface area contributed by atoms with Crippen molar-refractivity contribution < 1.29 is 48.3 Å². The summed E-state index contributed by atoms with van der Waals surface area (Å²) >= 11 is 0. The standard InChI is InChI=1S/C45H54N2O10/c1-9-27(6)55-39-23-31(13-17-35(39)43(49)47-37-19-15-33(45(52)53)25-41(37)57-29(8)11-3)30-12-16-34(38(22-30)54-21-20-26(4)5)42(48)46-36-18-14-32(44(50)51)24-40(36)56-28(7)10-2/h12-19,22-29H,9-11,20-21H2,1-8H3,(H,46,48)(H,47,49)(H,50,51)(H,52,53). The lowest BCUT2D eigenvalue weighted by atomic mass is 10.00. The van der Waals surface area contributed by atoms with Crippen molar-refractivity contribution in [2.45, 2.75) is 99.4 Å². The van der Waals surface area contributed by atoms with Crippen LogP contribution in [-0.4, -0.2) is 58.9 Å². The second kappa shape index (κ2) is 20.2. The smallest absolute Gasteiger partial charge is 0.335 e. The maximum atomic E-state index is 13.9. The molecule has 4 N–H and O–H groups in total. The molecule has 4 rings (SSSR count). The predicted octanol–water partition coefficient (Wildman–Crippen LogP) is 10.2. The summed E-state index contributed by atoms with van der Waals surface area (Å²) in [6.45, 7) is 16.0. The Morgan fingerprint density at radius 3 is 1.35 bits per heavy atom. The summed E-state index contributed by atoms with van der Waals surface area (Å²) < 4.78 is 24.5. The maximum absolute atomic E-state index is 13.9. The minimum Gasteiger partial charge on any atom is -0.493 e. The number of carbonyl (C=O) groups excluding carboxylic acids is 2. The number of hydrogen-bond donors (Lipinski definition) is 4. The first-order valence-electron chi connectivity index (χ1n) is 19.4. The molecule has 0 radical (unpaired) electrons. The second-order valence-electron chi connectivity index (χ2n) is 14.4. The highest BCUT2D eigenvalue weighted by molar-refractivity contribution is 6.09. The van der Waals surface area contributed by atoms with Crippen LogP contribution in [0, 0.1) is 5.92 Å². The Hall–Kier alpha value is -6.04. The van der Waals surface area contributed by atoms with E-state index in [0.717, 1.165) is 6.42 Å². The van der Waals surface area contributed by atoms with E-state index in [1.54, 1.807) is 36.4 Å². The Morgan fingerprint density at radius 2 is 0.947 bits per heavy atom. The van der Waals surface area contributed by atoms with Gasteiger partial charge >= 0.3 is 11.9 Å². The quantitative estimate of drug-likeness (QED) is 0.0677.